The van der Waals surface area contributed by atoms with E-state index >= 15 is 0 Å². The number of aromatic amines is 1. The Labute approximate surface area is 131 Å². The number of nitrogens with one attached hydrogen (secondary N) is 3. The molecule has 1 aromatic heterocycles. The molecule has 3 rings (SSSR count). The van der Waals surface area contributed by atoms with Crippen molar-refractivity contribution in [3.63, 3.8) is 0 Å². The highest BCUT2D eigenvalue weighted by molar-refractivity contribution is 5.94. The van der Waals surface area contributed by atoms with Crippen LogP contribution < -0.4 is 10.6 Å². The number of amides is 1. The number of hydrogen-bond donors (Lipinski definition) is 3. The Morgan fingerprint density at radius 1 is 1.32 bits per heavy atom. The lowest BCUT2D eigenvalue weighted by Gasteiger charge is -2.21. The minimum atomic E-state index is -0.0844. The summed E-state index contributed by atoms with van der Waals surface area (Å²) in [6.45, 7) is 3.03. The normalized spacial score (nSPS) is 18.9. The first kappa shape index (κ1) is 15.5. The lowest BCUT2D eigenvalue weighted by Crippen LogP contribution is -2.29. The molecule has 1 fully saturated rings. The highest BCUT2D eigenvalue weighted by Crippen LogP contribution is 2.20. The van der Waals surface area contributed by atoms with Crippen LogP contribution in [-0.2, 0) is 17.7 Å². The van der Waals surface area contributed by atoms with Crippen LogP contribution in [0.4, 0.5) is 0 Å². The number of H-pyrrole nitrogens is 1. The molecule has 0 spiro atoms. The van der Waals surface area contributed by atoms with E-state index in [2.05, 4.69) is 20.8 Å². The van der Waals surface area contributed by atoms with E-state index in [1.165, 1.54) is 32.1 Å². The van der Waals surface area contributed by atoms with Crippen LogP contribution in [0.3, 0.4) is 0 Å². The molecule has 22 heavy (non-hydrogen) atoms. The molecule has 1 aliphatic carbocycles. The molecule has 1 amide bonds. The zero-order valence-electron chi connectivity index (χ0n) is 13.1. The molecule has 6 nitrogen and oxygen atoms in total. The van der Waals surface area contributed by atoms with Crippen molar-refractivity contribution in [2.75, 3.05) is 19.7 Å². The minimum absolute atomic E-state index is 0.0844. The number of aromatic nitrogens is 2. The number of nitrogens with zero attached hydrogens (tertiary/aromatic N) is 1. The van der Waals surface area contributed by atoms with E-state index in [1.807, 2.05) is 0 Å². The molecule has 2 heterocycles. The maximum atomic E-state index is 12.2. The van der Waals surface area contributed by atoms with Crippen LogP contribution in [0.25, 0.3) is 0 Å². The number of carbonyl (C=O) groups excluding carboxylic acids is 1. The van der Waals surface area contributed by atoms with Gasteiger partial charge in [0.25, 0.3) is 5.91 Å². The van der Waals surface area contributed by atoms with Crippen molar-refractivity contribution < 1.29 is 9.53 Å². The summed E-state index contributed by atoms with van der Waals surface area (Å²) < 4.78 is 5.86. The van der Waals surface area contributed by atoms with Gasteiger partial charge in [0, 0.05) is 43.9 Å². The van der Waals surface area contributed by atoms with Gasteiger partial charge in [-0.1, -0.05) is 19.3 Å². The van der Waals surface area contributed by atoms with Crippen molar-refractivity contribution in [2.45, 2.75) is 57.6 Å². The fourth-order valence-corrected chi connectivity index (χ4v) is 3.25. The van der Waals surface area contributed by atoms with E-state index in [0.29, 0.717) is 18.3 Å². The standard InChI is InChI=1S/C16H26N4O2/c21-16(15-13-11-17-9-7-14(13)19-20-15)18-8-4-10-22-12-5-2-1-3-6-12/h12,17H,1-11H2,(H,18,21)(H,19,20). The van der Waals surface area contributed by atoms with Crippen molar-refractivity contribution in [3.8, 4) is 0 Å². The Kier molecular flexibility index (Phi) is 5.45. The van der Waals surface area contributed by atoms with Crippen molar-refractivity contribution in [1.29, 1.82) is 0 Å². The second kappa shape index (κ2) is 7.74. The van der Waals surface area contributed by atoms with Gasteiger partial charge in [0.1, 0.15) is 0 Å². The molecule has 1 aromatic rings. The number of rotatable bonds is 6. The Hall–Kier alpha value is -1.40. The molecular weight excluding hydrogens is 280 g/mol. The summed E-state index contributed by atoms with van der Waals surface area (Å²) in [5.74, 6) is -0.0844. The van der Waals surface area contributed by atoms with Gasteiger partial charge in [0.2, 0.25) is 0 Å². The summed E-state index contributed by atoms with van der Waals surface area (Å²) in [5.41, 5.74) is 2.64. The fourth-order valence-electron chi connectivity index (χ4n) is 3.25. The number of ether oxygens (including phenoxy) is 1. The van der Waals surface area contributed by atoms with E-state index < -0.39 is 0 Å². The lowest BCUT2D eigenvalue weighted by atomic mass is 9.98. The SMILES string of the molecule is O=C(NCCCOC1CCCCC1)c1n[nH]c2c1CNCC2. The summed E-state index contributed by atoms with van der Waals surface area (Å²) >= 11 is 0. The van der Waals surface area contributed by atoms with Gasteiger partial charge in [-0.2, -0.15) is 5.10 Å². The molecule has 3 N–H and O–H groups in total. The lowest BCUT2D eigenvalue weighted by molar-refractivity contribution is 0.0273. The molecule has 0 radical (unpaired) electrons. The van der Waals surface area contributed by atoms with Crippen LogP contribution in [-0.4, -0.2) is 41.9 Å². The number of hydrogen-bond acceptors (Lipinski definition) is 4. The van der Waals surface area contributed by atoms with Gasteiger partial charge in [-0.15, -0.1) is 0 Å². The summed E-state index contributed by atoms with van der Waals surface area (Å²) in [5, 5.41) is 13.4. The molecule has 122 valence electrons. The quantitative estimate of drug-likeness (QED) is 0.696. The van der Waals surface area contributed by atoms with Gasteiger partial charge in [0.15, 0.2) is 5.69 Å². The van der Waals surface area contributed by atoms with E-state index in [0.717, 1.165) is 43.8 Å². The predicted octanol–water partition coefficient (Wildman–Crippen LogP) is 1.52. The molecule has 2 aliphatic rings. The van der Waals surface area contributed by atoms with Gasteiger partial charge in [0.05, 0.1) is 6.10 Å². The van der Waals surface area contributed by atoms with E-state index in [1.54, 1.807) is 0 Å². The average Bonchev–Trinajstić information content (AvgIpc) is 2.99. The third-order valence-corrected chi connectivity index (χ3v) is 4.53. The van der Waals surface area contributed by atoms with Crippen LogP contribution in [0.1, 0.15) is 60.3 Å². The van der Waals surface area contributed by atoms with Gasteiger partial charge in [-0.3, -0.25) is 9.89 Å². The van der Waals surface area contributed by atoms with E-state index in [-0.39, 0.29) is 5.91 Å². The second-order valence-electron chi connectivity index (χ2n) is 6.20. The Morgan fingerprint density at radius 3 is 3.05 bits per heavy atom. The van der Waals surface area contributed by atoms with E-state index in [4.69, 9.17) is 4.74 Å². The first-order chi connectivity index (χ1) is 10.8. The van der Waals surface area contributed by atoms with E-state index in [9.17, 15) is 4.79 Å². The number of fused-ring (bicyclic) bond motifs is 1. The molecule has 0 aromatic carbocycles. The largest absolute Gasteiger partial charge is 0.378 e. The highest BCUT2D eigenvalue weighted by Gasteiger charge is 2.21. The summed E-state index contributed by atoms with van der Waals surface area (Å²) in [6.07, 6.45) is 8.52. The third-order valence-electron chi connectivity index (χ3n) is 4.53. The van der Waals surface area contributed by atoms with Gasteiger partial charge in [-0.25, -0.2) is 0 Å². The number of carbonyl (C=O) groups is 1. The first-order valence-corrected chi connectivity index (χ1v) is 8.51. The van der Waals surface area contributed by atoms with Gasteiger partial charge >= 0.3 is 0 Å². The second-order valence-corrected chi connectivity index (χ2v) is 6.20. The minimum Gasteiger partial charge on any atom is -0.378 e. The van der Waals surface area contributed by atoms with Crippen molar-refractivity contribution in [3.05, 3.63) is 17.0 Å². The zero-order valence-corrected chi connectivity index (χ0v) is 13.1. The Balaban J connectivity index is 1.36. The van der Waals surface area contributed by atoms with Gasteiger partial charge in [-0.05, 0) is 19.3 Å². The van der Waals surface area contributed by atoms with Crippen molar-refractivity contribution >= 4 is 5.91 Å². The maximum Gasteiger partial charge on any atom is 0.272 e. The molecule has 6 heteroatoms. The summed E-state index contributed by atoms with van der Waals surface area (Å²) in [6, 6.07) is 0. The topological polar surface area (TPSA) is 79.0 Å². The zero-order chi connectivity index (χ0) is 15.2. The monoisotopic (exact) mass is 306 g/mol. The van der Waals surface area contributed by atoms with Crippen molar-refractivity contribution in [2.24, 2.45) is 0 Å². The Morgan fingerprint density at radius 2 is 2.18 bits per heavy atom. The molecule has 1 saturated carbocycles. The maximum absolute atomic E-state index is 12.2. The first-order valence-electron chi connectivity index (χ1n) is 8.51. The van der Waals surface area contributed by atoms with Crippen LogP contribution >= 0.6 is 0 Å². The van der Waals surface area contributed by atoms with Crippen LogP contribution in [0.2, 0.25) is 0 Å². The Bertz CT molecular complexity index is 494. The highest BCUT2D eigenvalue weighted by atomic mass is 16.5. The molecule has 0 atom stereocenters. The third kappa shape index (κ3) is 3.87. The average molecular weight is 306 g/mol. The summed E-state index contributed by atoms with van der Waals surface area (Å²) in [4.78, 5) is 12.2. The van der Waals surface area contributed by atoms with Gasteiger partial charge < -0.3 is 15.4 Å². The molecule has 0 unspecified atom stereocenters. The molecular formula is C16H26N4O2. The van der Waals surface area contributed by atoms with Crippen LogP contribution in [0.5, 0.6) is 0 Å². The smallest absolute Gasteiger partial charge is 0.272 e. The molecule has 1 aliphatic heterocycles. The molecule has 0 saturated heterocycles. The summed E-state index contributed by atoms with van der Waals surface area (Å²) in [7, 11) is 0. The van der Waals surface area contributed by atoms with Crippen LogP contribution in [0.15, 0.2) is 0 Å². The van der Waals surface area contributed by atoms with Crippen LogP contribution in [0, 0.1) is 0 Å². The fraction of sp³-hybridized carbons (Fsp3) is 0.750. The molecule has 0 bridgehead atoms. The predicted molar refractivity (Wildman–Crippen MR) is 83.8 cm³/mol. The van der Waals surface area contributed by atoms with Crippen molar-refractivity contribution in [1.82, 2.24) is 20.8 Å².